The van der Waals surface area contributed by atoms with Gasteiger partial charge in [-0.1, -0.05) is 42.9 Å². The molecule has 0 aromatic carbocycles. The zero-order chi connectivity index (χ0) is 28.7. The van der Waals surface area contributed by atoms with E-state index in [9.17, 15) is 9.90 Å². The zero-order valence-corrected chi connectivity index (χ0v) is 25.3. The normalized spacial score (nSPS) is 30.9. The average molecular weight is 563 g/mol. The van der Waals surface area contributed by atoms with Gasteiger partial charge in [-0.15, -0.1) is 0 Å². The van der Waals surface area contributed by atoms with Crippen molar-refractivity contribution in [3.05, 3.63) is 36.0 Å². The lowest BCUT2D eigenvalue weighted by atomic mass is 9.88. The first-order valence-corrected chi connectivity index (χ1v) is 15.6. The second-order valence-electron chi connectivity index (χ2n) is 12.0. The van der Waals surface area contributed by atoms with Crippen LogP contribution in [0.2, 0.25) is 0 Å². The molecule has 3 rings (SSSR count). The van der Waals surface area contributed by atoms with Gasteiger partial charge in [0.25, 0.3) is 0 Å². The van der Waals surface area contributed by atoms with E-state index in [4.69, 9.17) is 23.7 Å². The summed E-state index contributed by atoms with van der Waals surface area (Å²) in [5, 5.41) is 11.1. The van der Waals surface area contributed by atoms with Crippen molar-refractivity contribution >= 4 is 5.97 Å². The van der Waals surface area contributed by atoms with Crippen molar-refractivity contribution in [2.45, 2.75) is 129 Å². The Morgan fingerprint density at radius 2 is 1.77 bits per heavy atom. The van der Waals surface area contributed by atoms with Gasteiger partial charge in [-0.2, -0.15) is 0 Å². The molecule has 2 aliphatic heterocycles. The van der Waals surface area contributed by atoms with E-state index in [1.807, 2.05) is 0 Å². The summed E-state index contributed by atoms with van der Waals surface area (Å²) in [5.41, 5.74) is 1.31. The molecule has 8 atom stereocenters. The SMILES string of the molecule is COC(=O)CCCC=CC[C@@H]1[C@@H](C=C[C@@H](OC2CCCCO2)C(C)CC=C(C)C)[C@H](OC2CCCCO2)C[C@@H]1O. The van der Waals surface area contributed by atoms with Crippen molar-refractivity contribution in [2.24, 2.45) is 17.8 Å². The predicted molar refractivity (Wildman–Crippen MR) is 157 cm³/mol. The van der Waals surface area contributed by atoms with E-state index in [2.05, 4.69) is 51.2 Å². The van der Waals surface area contributed by atoms with Crippen LogP contribution in [-0.4, -0.2) is 62.3 Å². The molecule has 7 heteroatoms. The Bertz CT molecular complexity index is 806. The molecule has 228 valence electrons. The Balaban J connectivity index is 1.72. The summed E-state index contributed by atoms with van der Waals surface area (Å²) in [4.78, 5) is 11.4. The minimum Gasteiger partial charge on any atom is -0.469 e. The van der Waals surface area contributed by atoms with E-state index in [0.717, 1.165) is 77.4 Å². The Kier molecular flexibility index (Phi) is 14.9. The minimum atomic E-state index is -0.452. The molecule has 0 radical (unpaired) electrons. The fraction of sp³-hybridized carbons (Fsp3) is 0.788. The summed E-state index contributed by atoms with van der Waals surface area (Å²) < 4.78 is 29.6. The maximum Gasteiger partial charge on any atom is 0.305 e. The van der Waals surface area contributed by atoms with Crippen LogP contribution in [0.1, 0.15) is 97.8 Å². The molecule has 7 nitrogen and oxygen atoms in total. The fourth-order valence-corrected chi connectivity index (χ4v) is 5.84. The van der Waals surface area contributed by atoms with Gasteiger partial charge in [-0.25, -0.2) is 0 Å². The Labute approximate surface area is 242 Å². The third-order valence-electron chi connectivity index (χ3n) is 8.34. The summed E-state index contributed by atoms with van der Waals surface area (Å²) in [6.45, 7) is 7.98. The molecule has 0 aromatic heterocycles. The Morgan fingerprint density at radius 3 is 2.42 bits per heavy atom. The van der Waals surface area contributed by atoms with Crippen molar-refractivity contribution in [3.8, 4) is 0 Å². The van der Waals surface area contributed by atoms with E-state index < -0.39 is 6.10 Å². The number of esters is 1. The monoisotopic (exact) mass is 562 g/mol. The quantitative estimate of drug-likeness (QED) is 0.136. The number of methoxy groups -OCH3 is 1. The van der Waals surface area contributed by atoms with E-state index >= 15 is 0 Å². The van der Waals surface area contributed by atoms with Crippen LogP contribution < -0.4 is 0 Å². The molecule has 40 heavy (non-hydrogen) atoms. The number of carbonyl (C=O) groups excluding carboxylic acids is 1. The summed E-state index contributed by atoms with van der Waals surface area (Å²) in [5.74, 6) is 0.205. The number of rotatable bonds is 15. The highest BCUT2D eigenvalue weighted by atomic mass is 16.7. The molecule has 0 aromatic rings. The lowest BCUT2D eigenvalue weighted by Crippen LogP contribution is -2.32. The molecule has 0 amide bonds. The number of hydrogen-bond acceptors (Lipinski definition) is 7. The highest BCUT2D eigenvalue weighted by Gasteiger charge is 2.42. The summed E-state index contributed by atoms with van der Waals surface area (Å²) in [7, 11) is 1.42. The van der Waals surface area contributed by atoms with Crippen molar-refractivity contribution in [2.75, 3.05) is 20.3 Å². The van der Waals surface area contributed by atoms with Crippen LogP contribution in [0.5, 0.6) is 0 Å². The number of ether oxygens (including phenoxy) is 5. The van der Waals surface area contributed by atoms with Gasteiger partial charge in [0.1, 0.15) is 0 Å². The first-order valence-electron chi connectivity index (χ1n) is 15.6. The smallest absolute Gasteiger partial charge is 0.305 e. The van der Waals surface area contributed by atoms with Gasteiger partial charge in [0.05, 0.1) is 25.4 Å². The maximum absolute atomic E-state index is 11.4. The Hall–Kier alpha value is -1.51. The number of allylic oxidation sites excluding steroid dienone is 4. The number of unbranched alkanes of at least 4 members (excludes halogenated alkanes) is 1. The number of aliphatic hydroxyl groups excluding tert-OH is 1. The van der Waals surface area contributed by atoms with Gasteiger partial charge in [0.2, 0.25) is 0 Å². The third kappa shape index (κ3) is 11.4. The van der Waals surface area contributed by atoms with E-state index in [1.165, 1.54) is 12.7 Å². The molecule has 2 heterocycles. The molecule has 0 bridgehead atoms. The van der Waals surface area contributed by atoms with E-state index in [0.29, 0.717) is 12.8 Å². The van der Waals surface area contributed by atoms with Crippen LogP contribution in [0.15, 0.2) is 36.0 Å². The van der Waals surface area contributed by atoms with Crippen molar-refractivity contribution in [3.63, 3.8) is 0 Å². The average Bonchev–Trinajstić information content (AvgIpc) is 3.25. The van der Waals surface area contributed by atoms with Crippen molar-refractivity contribution in [1.29, 1.82) is 0 Å². The maximum atomic E-state index is 11.4. The molecule has 0 spiro atoms. The molecule has 1 aliphatic carbocycles. The fourth-order valence-electron chi connectivity index (χ4n) is 5.84. The molecule has 1 N–H and O–H groups in total. The molecular weight excluding hydrogens is 508 g/mol. The van der Waals surface area contributed by atoms with Gasteiger partial charge < -0.3 is 28.8 Å². The second kappa shape index (κ2) is 18.1. The van der Waals surface area contributed by atoms with Gasteiger partial charge >= 0.3 is 5.97 Å². The summed E-state index contributed by atoms with van der Waals surface area (Å²) >= 11 is 0. The first-order chi connectivity index (χ1) is 19.4. The van der Waals surface area contributed by atoms with Crippen LogP contribution in [0.25, 0.3) is 0 Å². The second-order valence-corrected chi connectivity index (χ2v) is 12.0. The topological polar surface area (TPSA) is 83.5 Å². The van der Waals surface area contributed by atoms with Gasteiger partial charge in [-0.05, 0) is 89.9 Å². The first kappa shape index (κ1) is 33.0. The molecule has 3 aliphatic rings. The number of hydrogen-bond donors (Lipinski definition) is 1. The molecule has 3 fully saturated rings. The van der Waals surface area contributed by atoms with Crippen LogP contribution in [0.4, 0.5) is 0 Å². The third-order valence-corrected chi connectivity index (χ3v) is 8.34. The lowest BCUT2D eigenvalue weighted by Gasteiger charge is -2.31. The van der Waals surface area contributed by atoms with Crippen LogP contribution in [-0.2, 0) is 28.5 Å². The highest BCUT2D eigenvalue weighted by molar-refractivity contribution is 5.69. The van der Waals surface area contributed by atoms with Crippen LogP contribution in [0.3, 0.4) is 0 Å². The predicted octanol–water partition coefficient (Wildman–Crippen LogP) is 6.65. The van der Waals surface area contributed by atoms with Crippen LogP contribution in [0, 0.1) is 17.8 Å². The minimum absolute atomic E-state index is 0.0429. The van der Waals surface area contributed by atoms with Crippen molar-refractivity contribution < 1.29 is 33.6 Å². The number of carbonyl (C=O) groups is 1. The van der Waals surface area contributed by atoms with Crippen molar-refractivity contribution in [1.82, 2.24) is 0 Å². The van der Waals surface area contributed by atoms with Gasteiger partial charge in [0, 0.05) is 32.0 Å². The van der Waals surface area contributed by atoms with Gasteiger partial charge in [0.15, 0.2) is 12.6 Å². The van der Waals surface area contributed by atoms with E-state index in [-0.39, 0.29) is 48.5 Å². The zero-order valence-electron chi connectivity index (χ0n) is 25.3. The summed E-state index contributed by atoms with van der Waals surface area (Å²) in [6.07, 6.45) is 20.5. The molecule has 3 unspecified atom stereocenters. The highest BCUT2D eigenvalue weighted by Crippen LogP contribution is 2.40. The van der Waals surface area contributed by atoms with E-state index in [1.54, 1.807) is 0 Å². The molecule has 1 saturated carbocycles. The molecular formula is C33H54O7. The number of aliphatic hydroxyl groups is 1. The van der Waals surface area contributed by atoms with Crippen LogP contribution >= 0.6 is 0 Å². The van der Waals surface area contributed by atoms with Gasteiger partial charge in [-0.3, -0.25) is 4.79 Å². The molecule has 2 saturated heterocycles. The summed E-state index contributed by atoms with van der Waals surface area (Å²) in [6, 6.07) is 0. The Morgan fingerprint density at radius 1 is 1.05 bits per heavy atom. The largest absolute Gasteiger partial charge is 0.469 e. The standard InChI is InChI=1S/C33H54O7/c1-24(2)17-18-25(3)29(39-32-15-9-11-21-37-32)20-19-27-26(13-7-5-6-8-14-31(35)36-4)28(34)23-30(27)40-33-16-10-12-22-38-33/h5,7,17,19-20,25-30,32-34H,6,8-16,18,21-23H2,1-4H3/t25?,26-,27-,28+,29-,30-,32?,33?/m1/s1. The lowest BCUT2D eigenvalue weighted by molar-refractivity contribution is -0.193.